The number of hydrogen-bond donors (Lipinski definition) is 0. The number of pyridine rings is 1. The number of hydrogen-bond acceptors (Lipinski definition) is 3. The first-order chi connectivity index (χ1) is 13.3. The average Bonchev–Trinajstić information content (AvgIpc) is 2.65. The van der Waals surface area contributed by atoms with Crippen LogP contribution in [0.1, 0.15) is 39.7 Å². The van der Waals surface area contributed by atoms with Crippen LogP contribution in [-0.4, -0.2) is 17.6 Å². The van der Waals surface area contributed by atoms with Gasteiger partial charge in [0.05, 0.1) is 28.9 Å². The van der Waals surface area contributed by atoms with Crippen molar-refractivity contribution in [3.05, 3.63) is 76.5 Å². The highest BCUT2D eigenvalue weighted by atomic mass is 19.4. The molecule has 0 aliphatic carbocycles. The minimum Gasteiger partial charge on any atom is -0.462 e. The Morgan fingerprint density at radius 1 is 1.07 bits per heavy atom. The molecule has 144 valence electrons. The zero-order chi connectivity index (χ0) is 20.3. The number of aromatic nitrogens is 1. The molecule has 6 heteroatoms. The van der Waals surface area contributed by atoms with Gasteiger partial charge in [-0.05, 0) is 37.6 Å². The molecule has 28 heavy (non-hydrogen) atoms. The summed E-state index contributed by atoms with van der Waals surface area (Å²) in [6.45, 7) is 3.68. The van der Waals surface area contributed by atoms with Crippen molar-refractivity contribution in [3.63, 3.8) is 0 Å². The highest BCUT2D eigenvalue weighted by Gasteiger charge is 2.29. The van der Waals surface area contributed by atoms with Gasteiger partial charge in [-0.2, -0.15) is 13.2 Å². The number of benzene rings is 2. The number of nitrogens with zero attached hydrogens (tertiary/aromatic N) is 1. The molecule has 0 saturated carbocycles. The smallest absolute Gasteiger partial charge is 0.416 e. The number of para-hydroxylation sites is 1. The van der Waals surface area contributed by atoms with Gasteiger partial charge in [0.25, 0.3) is 0 Å². The summed E-state index contributed by atoms with van der Waals surface area (Å²) < 4.78 is 43.3. The summed E-state index contributed by atoms with van der Waals surface area (Å²) in [5, 5.41) is 0.763. The third kappa shape index (κ3) is 4.06. The first kappa shape index (κ1) is 19.6. The summed E-state index contributed by atoms with van der Waals surface area (Å²) in [4.78, 5) is 16.9. The van der Waals surface area contributed by atoms with Gasteiger partial charge in [-0.25, -0.2) is 4.79 Å². The highest BCUT2D eigenvalue weighted by Crippen LogP contribution is 2.30. The fourth-order valence-electron chi connectivity index (χ4n) is 2.96. The number of rotatable bonds is 4. The molecule has 2 aromatic carbocycles. The Morgan fingerprint density at radius 2 is 1.75 bits per heavy atom. The van der Waals surface area contributed by atoms with Gasteiger partial charge in [-0.15, -0.1) is 0 Å². The number of halogens is 3. The molecule has 0 bridgehead atoms. The quantitative estimate of drug-likeness (QED) is 0.524. The first-order valence-corrected chi connectivity index (χ1v) is 8.73. The molecule has 0 saturated heterocycles. The molecule has 1 heterocycles. The van der Waals surface area contributed by atoms with Crippen LogP contribution in [0, 0.1) is 6.92 Å². The van der Waals surface area contributed by atoms with Gasteiger partial charge in [0.15, 0.2) is 0 Å². The molecular weight excluding hydrogens is 367 g/mol. The van der Waals surface area contributed by atoms with E-state index < -0.39 is 17.7 Å². The molecule has 0 unspecified atom stereocenters. The predicted molar refractivity (Wildman–Crippen MR) is 103 cm³/mol. The van der Waals surface area contributed by atoms with Crippen LogP contribution in [0.2, 0.25) is 0 Å². The predicted octanol–water partition coefficient (Wildman–Crippen LogP) is 5.91. The van der Waals surface area contributed by atoms with Crippen LogP contribution in [0.15, 0.2) is 48.5 Å². The number of aryl methyl sites for hydroxylation is 1. The zero-order valence-corrected chi connectivity index (χ0v) is 15.4. The van der Waals surface area contributed by atoms with Crippen molar-refractivity contribution in [1.29, 1.82) is 0 Å². The summed E-state index contributed by atoms with van der Waals surface area (Å²) in [6.07, 6.45) is -0.992. The third-order valence-corrected chi connectivity index (χ3v) is 4.27. The van der Waals surface area contributed by atoms with E-state index in [1.54, 1.807) is 26.0 Å². The van der Waals surface area contributed by atoms with Gasteiger partial charge >= 0.3 is 12.1 Å². The Hall–Kier alpha value is -3.15. The molecular formula is C22H18F3NO2. The van der Waals surface area contributed by atoms with Gasteiger partial charge in [0.1, 0.15) is 0 Å². The Morgan fingerprint density at radius 3 is 2.39 bits per heavy atom. The standard InChI is InChI=1S/C22H18F3NO2/c1-3-28-21(27)20-14(2)26-19-7-5-4-6-17(19)18(20)13-10-15-8-11-16(12-9-15)22(23,24)25/h4-13H,3H2,1-2H3/b13-10+. The maximum atomic E-state index is 12.7. The Labute approximate surface area is 160 Å². The molecule has 0 aliphatic heterocycles. The zero-order valence-electron chi connectivity index (χ0n) is 15.4. The molecule has 0 aliphatic rings. The van der Waals surface area contributed by atoms with E-state index in [9.17, 15) is 18.0 Å². The fraction of sp³-hybridized carbons (Fsp3) is 0.182. The van der Waals surface area contributed by atoms with Crippen molar-refractivity contribution in [3.8, 4) is 0 Å². The van der Waals surface area contributed by atoms with Crippen molar-refractivity contribution >= 4 is 29.0 Å². The number of carbonyl (C=O) groups is 1. The summed E-state index contributed by atoms with van der Waals surface area (Å²) in [6, 6.07) is 12.2. The Bertz CT molecular complexity index is 1040. The largest absolute Gasteiger partial charge is 0.462 e. The highest BCUT2D eigenvalue weighted by molar-refractivity contribution is 6.03. The second-order valence-electron chi connectivity index (χ2n) is 6.18. The topological polar surface area (TPSA) is 39.2 Å². The first-order valence-electron chi connectivity index (χ1n) is 8.73. The number of esters is 1. The Kier molecular flexibility index (Phi) is 5.49. The van der Waals surface area contributed by atoms with E-state index in [4.69, 9.17) is 4.74 Å². The van der Waals surface area contributed by atoms with Gasteiger partial charge < -0.3 is 4.74 Å². The van der Waals surface area contributed by atoms with Crippen molar-refractivity contribution in [2.75, 3.05) is 6.61 Å². The number of alkyl halides is 3. The van der Waals surface area contributed by atoms with Crippen LogP contribution < -0.4 is 0 Å². The van der Waals surface area contributed by atoms with Crippen LogP contribution >= 0.6 is 0 Å². The lowest BCUT2D eigenvalue weighted by molar-refractivity contribution is -0.137. The minimum absolute atomic E-state index is 0.229. The van der Waals surface area contributed by atoms with Crippen LogP contribution in [0.25, 0.3) is 23.1 Å². The van der Waals surface area contributed by atoms with E-state index in [2.05, 4.69) is 4.98 Å². The van der Waals surface area contributed by atoms with Crippen LogP contribution in [0.5, 0.6) is 0 Å². The van der Waals surface area contributed by atoms with Crippen molar-refractivity contribution in [2.24, 2.45) is 0 Å². The van der Waals surface area contributed by atoms with E-state index in [0.29, 0.717) is 22.4 Å². The van der Waals surface area contributed by atoms with E-state index in [0.717, 1.165) is 23.0 Å². The summed E-state index contributed by atoms with van der Waals surface area (Å²) in [5.41, 5.74) is 2.11. The lowest BCUT2D eigenvalue weighted by Gasteiger charge is -2.12. The monoisotopic (exact) mass is 385 g/mol. The van der Waals surface area contributed by atoms with E-state index in [1.807, 2.05) is 24.3 Å². The fourth-order valence-corrected chi connectivity index (χ4v) is 2.96. The average molecular weight is 385 g/mol. The number of ether oxygens (including phenoxy) is 1. The second kappa shape index (κ2) is 7.84. The normalized spacial score (nSPS) is 11.9. The van der Waals surface area contributed by atoms with E-state index in [-0.39, 0.29) is 6.61 Å². The minimum atomic E-state index is -4.38. The van der Waals surface area contributed by atoms with Gasteiger partial charge in [0, 0.05) is 10.9 Å². The van der Waals surface area contributed by atoms with Gasteiger partial charge in [0.2, 0.25) is 0 Å². The molecule has 0 atom stereocenters. The van der Waals surface area contributed by atoms with Crippen LogP contribution in [0.3, 0.4) is 0 Å². The third-order valence-electron chi connectivity index (χ3n) is 4.27. The molecule has 0 fully saturated rings. The second-order valence-corrected chi connectivity index (χ2v) is 6.18. The molecule has 3 aromatic rings. The van der Waals surface area contributed by atoms with Crippen molar-refractivity contribution in [1.82, 2.24) is 4.98 Å². The summed E-state index contributed by atoms with van der Waals surface area (Å²) in [7, 11) is 0. The van der Waals surface area contributed by atoms with Gasteiger partial charge in [-0.3, -0.25) is 4.98 Å². The Balaban J connectivity index is 2.09. The molecule has 1 aromatic heterocycles. The molecule has 3 rings (SSSR count). The van der Waals surface area contributed by atoms with Crippen LogP contribution in [0.4, 0.5) is 13.2 Å². The molecule has 0 spiro atoms. The lowest BCUT2D eigenvalue weighted by atomic mass is 9.99. The SMILES string of the molecule is CCOC(=O)c1c(C)nc2ccccc2c1/C=C/c1ccc(C(F)(F)F)cc1. The van der Waals surface area contributed by atoms with Crippen LogP contribution in [-0.2, 0) is 10.9 Å². The summed E-state index contributed by atoms with van der Waals surface area (Å²) in [5.74, 6) is -0.481. The molecule has 0 radical (unpaired) electrons. The van der Waals surface area contributed by atoms with E-state index in [1.165, 1.54) is 12.1 Å². The van der Waals surface area contributed by atoms with Gasteiger partial charge in [-0.1, -0.05) is 42.5 Å². The number of carbonyl (C=O) groups excluding carboxylic acids is 1. The number of fused-ring (bicyclic) bond motifs is 1. The lowest BCUT2D eigenvalue weighted by Crippen LogP contribution is -2.10. The van der Waals surface area contributed by atoms with E-state index >= 15 is 0 Å². The maximum absolute atomic E-state index is 12.7. The molecule has 0 amide bonds. The van der Waals surface area contributed by atoms with Crippen molar-refractivity contribution in [2.45, 2.75) is 20.0 Å². The molecule has 3 nitrogen and oxygen atoms in total. The van der Waals surface area contributed by atoms with Crippen molar-refractivity contribution < 1.29 is 22.7 Å². The summed E-state index contributed by atoms with van der Waals surface area (Å²) >= 11 is 0. The maximum Gasteiger partial charge on any atom is 0.416 e. The molecule has 0 N–H and O–H groups in total.